The molecule has 3 N–H and O–H groups in total. The van der Waals surface area contributed by atoms with Crippen LogP contribution in [0.3, 0.4) is 0 Å². The van der Waals surface area contributed by atoms with Gasteiger partial charge in [-0.15, -0.1) is 5.10 Å². The van der Waals surface area contributed by atoms with E-state index in [0.29, 0.717) is 25.0 Å². The van der Waals surface area contributed by atoms with Crippen molar-refractivity contribution in [3.63, 3.8) is 0 Å². The first-order chi connectivity index (χ1) is 14.7. The third-order valence-corrected chi connectivity index (χ3v) is 4.87. The molecular formula is C24H24N4O2. The van der Waals surface area contributed by atoms with E-state index < -0.39 is 0 Å². The predicted molar refractivity (Wildman–Crippen MR) is 118 cm³/mol. The van der Waals surface area contributed by atoms with Gasteiger partial charge in [-0.1, -0.05) is 59.7 Å². The SMILES string of the molecule is Cc1c(-c2ccccc2)cccc1-c1nnc(Nc2cccc(CNCCO)c2)o1. The second-order valence-electron chi connectivity index (χ2n) is 6.98. The van der Waals surface area contributed by atoms with Crippen LogP contribution in [0, 0.1) is 6.92 Å². The molecule has 4 rings (SSSR count). The summed E-state index contributed by atoms with van der Waals surface area (Å²) in [5.74, 6) is 0.480. The number of hydrogen-bond donors (Lipinski definition) is 3. The number of aliphatic hydroxyl groups excluding tert-OH is 1. The molecule has 152 valence electrons. The van der Waals surface area contributed by atoms with Crippen LogP contribution in [0.4, 0.5) is 11.7 Å². The van der Waals surface area contributed by atoms with Gasteiger partial charge in [-0.3, -0.25) is 0 Å². The number of hydrogen-bond acceptors (Lipinski definition) is 6. The summed E-state index contributed by atoms with van der Waals surface area (Å²) in [6, 6.07) is 24.6. The first-order valence-corrected chi connectivity index (χ1v) is 9.91. The Balaban J connectivity index is 1.53. The Morgan fingerprint density at radius 2 is 1.70 bits per heavy atom. The van der Waals surface area contributed by atoms with Gasteiger partial charge in [0, 0.05) is 24.3 Å². The van der Waals surface area contributed by atoms with Crippen molar-refractivity contribution in [2.24, 2.45) is 0 Å². The van der Waals surface area contributed by atoms with E-state index in [-0.39, 0.29) is 6.61 Å². The normalized spacial score (nSPS) is 10.9. The monoisotopic (exact) mass is 400 g/mol. The minimum absolute atomic E-state index is 0.119. The zero-order valence-electron chi connectivity index (χ0n) is 16.8. The summed E-state index contributed by atoms with van der Waals surface area (Å²) in [6.07, 6.45) is 0. The molecule has 0 aliphatic rings. The lowest BCUT2D eigenvalue weighted by Gasteiger charge is -2.09. The van der Waals surface area contributed by atoms with Crippen LogP contribution in [0.15, 0.2) is 77.2 Å². The first-order valence-electron chi connectivity index (χ1n) is 9.91. The van der Waals surface area contributed by atoms with Gasteiger partial charge in [-0.25, -0.2) is 0 Å². The molecule has 0 saturated carbocycles. The second-order valence-corrected chi connectivity index (χ2v) is 6.98. The Morgan fingerprint density at radius 3 is 2.53 bits per heavy atom. The van der Waals surface area contributed by atoms with Gasteiger partial charge in [0.2, 0.25) is 5.89 Å². The Hall–Kier alpha value is -3.48. The third-order valence-electron chi connectivity index (χ3n) is 4.87. The van der Waals surface area contributed by atoms with Crippen molar-refractivity contribution >= 4 is 11.7 Å². The predicted octanol–water partition coefficient (Wildman–Crippen LogP) is 4.54. The van der Waals surface area contributed by atoms with Crippen molar-refractivity contribution in [3.8, 4) is 22.6 Å². The summed E-state index contributed by atoms with van der Waals surface area (Å²) < 4.78 is 5.90. The van der Waals surface area contributed by atoms with Crippen molar-refractivity contribution in [1.82, 2.24) is 15.5 Å². The fraction of sp³-hybridized carbons (Fsp3) is 0.167. The zero-order valence-corrected chi connectivity index (χ0v) is 16.8. The maximum atomic E-state index is 8.89. The summed E-state index contributed by atoms with van der Waals surface area (Å²) in [4.78, 5) is 0. The highest BCUT2D eigenvalue weighted by Gasteiger charge is 2.14. The molecule has 0 aliphatic carbocycles. The lowest BCUT2D eigenvalue weighted by atomic mass is 9.96. The minimum Gasteiger partial charge on any atom is -0.403 e. The van der Waals surface area contributed by atoms with Gasteiger partial charge in [-0.05, 0) is 47.4 Å². The third kappa shape index (κ3) is 4.56. The van der Waals surface area contributed by atoms with Crippen molar-refractivity contribution in [3.05, 3.63) is 83.9 Å². The first kappa shape index (κ1) is 19.8. The summed E-state index contributed by atoms with van der Waals surface area (Å²) in [6.45, 7) is 3.42. The number of anilines is 2. The van der Waals surface area contributed by atoms with Gasteiger partial charge in [0.15, 0.2) is 0 Å². The maximum absolute atomic E-state index is 8.89. The van der Waals surface area contributed by atoms with E-state index >= 15 is 0 Å². The number of benzene rings is 3. The molecule has 0 fully saturated rings. The Morgan fingerprint density at radius 1 is 0.900 bits per heavy atom. The summed E-state index contributed by atoms with van der Waals surface area (Å²) in [5, 5.41) is 23.6. The smallest absolute Gasteiger partial charge is 0.320 e. The molecule has 6 nitrogen and oxygen atoms in total. The number of aromatic nitrogens is 2. The number of nitrogens with one attached hydrogen (secondary N) is 2. The van der Waals surface area contributed by atoms with Gasteiger partial charge < -0.3 is 20.2 Å². The molecule has 0 aliphatic heterocycles. The van der Waals surface area contributed by atoms with Crippen LogP contribution in [0.1, 0.15) is 11.1 Å². The van der Waals surface area contributed by atoms with Crippen molar-refractivity contribution in [2.75, 3.05) is 18.5 Å². The molecule has 0 radical (unpaired) electrons. The lowest BCUT2D eigenvalue weighted by Crippen LogP contribution is -2.17. The number of aliphatic hydroxyl groups is 1. The molecule has 1 heterocycles. The largest absolute Gasteiger partial charge is 0.403 e. The fourth-order valence-corrected chi connectivity index (χ4v) is 3.37. The molecule has 0 unspecified atom stereocenters. The average molecular weight is 400 g/mol. The second kappa shape index (κ2) is 9.35. The molecule has 30 heavy (non-hydrogen) atoms. The molecule has 1 aromatic heterocycles. The molecular weight excluding hydrogens is 376 g/mol. The van der Waals surface area contributed by atoms with Crippen molar-refractivity contribution in [2.45, 2.75) is 13.5 Å². The Labute approximate surface area is 175 Å². The Bertz CT molecular complexity index is 1110. The highest BCUT2D eigenvalue weighted by Crippen LogP contribution is 2.32. The quantitative estimate of drug-likeness (QED) is 0.377. The molecule has 3 aromatic carbocycles. The van der Waals surface area contributed by atoms with Crippen LogP contribution in [-0.4, -0.2) is 28.5 Å². The van der Waals surface area contributed by atoms with Gasteiger partial charge in [0.25, 0.3) is 0 Å². The highest BCUT2D eigenvalue weighted by molar-refractivity contribution is 5.75. The van der Waals surface area contributed by atoms with E-state index in [2.05, 4.69) is 46.0 Å². The van der Waals surface area contributed by atoms with Gasteiger partial charge >= 0.3 is 6.01 Å². The van der Waals surface area contributed by atoms with E-state index in [9.17, 15) is 0 Å². The van der Waals surface area contributed by atoms with E-state index in [1.807, 2.05) is 54.6 Å². The van der Waals surface area contributed by atoms with Crippen LogP contribution in [0.5, 0.6) is 0 Å². The minimum atomic E-state index is 0.119. The van der Waals surface area contributed by atoms with Crippen LogP contribution in [0.25, 0.3) is 22.6 Å². The van der Waals surface area contributed by atoms with Crippen molar-refractivity contribution < 1.29 is 9.52 Å². The highest BCUT2D eigenvalue weighted by atomic mass is 16.4. The summed E-state index contributed by atoms with van der Waals surface area (Å²) >= 11 is 0. The molecule has 4 aromatic rings. The lowest BCUT2D eigenvalue weighted by molar-refractivity contribution is 0.292. The molecule has 0 saturated heterocycles. The summed E-state index contributed by atoms with van der Waals surface area (Å²) in [7, 11) is 0. The molecule has 0 bridgehead atoms. The number of rotatable bonds is 8. The number of nitrogens with zero attached hydrogens (tertiary/aromatic N) is 2. The van der Waals surface area contributed by atoms with E-state index in [1.54, 1.807) is 0 Å². The van der Waals surface area contributed by atoms with Crippen LogP contribution >= 0.6 is 0 Å². The molecule has 0 amide bonds. The van der Waals surface area contributed by atoms with Crippen LogP contribution < -0.4 is 10.6 Å². The van der Waals surface area contributed by atoms with E-state index in [4.69, 9.17) is 9.52 Å². The zero-order chi connectivity index (χ0) is 20.8. The average Bonchev–Trinajstić information content (AvgIpc) is 3.23. The van der Waals surface area contributed by atoms with Gasteiger partial charge in [-0.2, -0.15) is 0 Å². The van der Waals surface area contributed by atoms with E-state index in [0.717, 1.165) is 33.5 Å². The molecule has 0 spiro atoms. The standard InChI is InChI=1S/C24H24N4O2/c1-17-21(19-8-3-2-4-9-19)11-6-12-22(17)23-27-28-24(30-23)26-20-10-5-7-18(15-20)16-25-13-14-29/h2-12,15,25,29H,13-14,16H2,1H3,(H,26,28). The van der Waals surface area contributed by atoms with Gasteiger partial charge in [0.1, 0.15) is 0 Å². The maximum Gasteiger partial charge on any atom is 0.320 e. The van der Waals surface area contributed by atoms with E-state index in [1.165, 1.54) is 0 Å². The van der Waals surface area contributed by atoms with Crippen LogP contribution in [-0.2, 0) is 6.54 Å². The van der Waals surface area contributed by atoms with Crippen molar-refractivity contribution in [1.29, 1.82) is 0 Å². The fourth-order valence-electron chi connectivity index (χ4n) is 3.37. The summed E-state index contributed by atoms with van der Waals surface area (Å²) in [5.41, 5.74) is 6.27. The van der Waals surface area contributed by atoms with Gasteiger partial charge in [0.05, 0.1) is 6.61 Å². The molecule has 0 atom stereocenters. The molecule has 6 heteroatoms. The topological polar surface area (TPSA) is 83.2 Å². The van der Waals surface area contributed by atoms with Crippen LogP contribution in [0.2, 0.25) is 0 Å². The Kier molecular flexibility index (Phi) is 6.17.